The van der Waals surface area contributed by atoms with E-state index < -0.39 is 23.4 Å². The zero-order valence-corrected chi connectivity index (χ0v) is 16.4. The Kier molecular flexibility index (Phi) is 6.07. The maximum absolute atomic E-state index is 12.5. The largest absolute Gasteiger partial charge is 0.451 e. The number of nitro benzene ring substituents is 1. The van der Waals surface area contributed by atoms with Crippen molar-refractivity contribution < 1.29 is 19.2 Å². The van der Waals surface area contributed by atoms with Crippen LogP contribution in [0, 0.1) is 10.1 Å². The molecule has 10 nitrogen and oxygen atoms in total. The van der Waals surface area contributed by atoms with Gasteiger partial charge >= 0.3 is 5.97 Å². The van der Waals surface area contributed by atoms with E-state index in [1.165, 1.54) is 12.1 Å². The molecule has 0 atom stereocenters. The van der Waals surface area contributed by atoms with E-state index >= 15 is 0 Å². The normalized spacial score (nSPS) is 10.6. The lowest BCUT2D eigenvalue weighted by Crippen LogP contribution is -2.27. The van der Waals surface area contributed by atoms with Gasteiger partial charge in [0.15, 0.2) is 12.3 Å². The van der Waals surface area contributed by atoms with Crippen molar-refractivity contribution in [1.29, 1.82) is 0 Å². The fourth-order valence-electron chi connectivity index (χ4n) is 2.71. The summed E-state index contributed by atoms with van der Waals surface area (Å²) in [7, 11) is 0. The molecule has 0 bridgehead atoms. The molecule has 30 heavy (non-hydrogen) atoms. The van der Waals surface area contributed by atoms with Crippen molar-refractivity contribution in [1.82, 2.24) is 9.78 Å². The summed E-state index contributed by atoms with van der Waals surface area (Å²) in [4.78, 5) is 47.2. The second-order valence-corrected chi connectivity index (χ2v) is 6.47. The number of benzene rings is 2. The predicted molar refractivity (Wildman–Crippen MR) is 109 cm³/mol. The van der Waals surface area contributed by atoms with Crippen LogP contribution in [-0.4, -0.2) is 33.2 Å². The molecule has 0 saturated heterocycles. The van der Waals surface area contributed by atoms with Crippen molar-refractivity contribution in [3.63, 3.8) is 0 Å². The van der Waals surface area contributed by atoms with Gasteiger partial charge in [-0.1, -0.05) is 29.8 Å². The van der Waals surface area contributed by atoms with Gasteiger partial charge in [-0.25, -0.2) is 9.48 Å². The van der Waals surface area contributed by atoms with Crippen LogP contribution in [0.4, 0.5) is 11.4 Å². The van der Waals surface area contributed by atoms with Crippen molar-refractivity contribution in [3.05, 3.63) is 73.6 Å². The summed E-state index contributed by atoms with van der Waals surface area (Å²) in [5.74, 6) is -1.65. The molecule has 0 spiro atoms. The number of nitro groups is 1. The molecule has 0 aliphatic carbocycles. The van der Waals surface area contributed by atoms with Crippen LogP contribution in [0.5, 0.6) is 0 Å². The third kappa shape index (κ3) is 4.28. The minimum atomic E-state index is -0.895. The monoisotopic (exact) mass is 430 g/mol. The number of nitrogens with one attached hydrogen (secondary N) is 1. The lowest BCUT2D eigenvalue weighted by atomic mass is 10.1. The van der Waals surface area contributed by atoms with Gasteiger partial charge in [0.25, 0.3) is 17.2 Å². The van der Waals surface area contributed by atoms with Gasteiger partial charge in [-0.15, -0.1) is 0 Å². The quantitative estimate of drug-likeness (QED) is 0.361. The number of rotatable bonds is 6. The molecular weight excluding hydrogens is 416 g/mol. The van der Waals surface area contributed by atoms with Crippen LogP contribution >= 0.6 is 11.6 Å². The van der Waals surface area contributed by atoms with Crippen molar-refractivity contribution in [3.8, 4) is 0 Å². The molecule has 11 heteroatoms. The summed E-state index contributed by atoms with van der Waals surface area (Å²) in [5, 5.41) is 17.9. The molecule has 154 valence electrons. The molecule has 2 aromatic carbocycles. The van der Waals surface area contributed by atoms with Crippen LogP contribution in [0.3, 0.4) is 0 Å². The van der Waals surface area contributed by atoms with Crippen molar-refractivity contribution in [2.24, 2.45) is 0 Å². The lowest BCUT2D eigenvalue weighted by molar-refractivity contribution is -0.384. The number of fused-ring (bicyclic) bond motifs is 1. The number of nitrogens with zero attached hydrogens (tertiary/aromatic N) is 3. The maximum atomic E-state index is 12.5. The number of aromatic nitrogens is 2. The minimum absolute atomic E-state index is 0.00928. The van der Waals surface area contributed by atoms with Crippen molar-refractivity contribution >= 4 is 45.6 Å². The molecular formula is C19H15ClN4O6. The van der Waals surface area contributed by atoms with E-state index in [9.17, 15) is 24.5 Å². The van der Waals surface area contributed by atoms with Crippen LogP contribution in [0.25, 0.3) is 10.8 Å². The third-order valence-corrected chi connectivity index (χ3v) is 4.46. The summed E-state index contributed by atoms with van der Waals surface area (Å²) >= 11 is 5.93. The Morgan fingerprint density at radius 3 is 2.60 bits per heavy atom. The smallest absolute Gasteiger partial charge is 0.359 e. The fourth-order valence-corrected chi connectivity index (χ4v) is 2.87. The van der Waals surface area contributed by atoms with E-state index in [4.69, 9.17) is 16.3 Å². The van der Waals surface area contributed by atoms with Crippen LogP contribution in [0.1, 0.15) is 17.4 Å². The second kappa shape index (κ2) is 8.70. The van der Waals surface area contributed by atoms with E-state index in [1.807, 2.05) is 0 Å². The van der Waals surface area contributed by atoms with Crippen molar-refractivity contribution in [2.45, 2.75) is 13.5 Å². The first-order valence-corrected chi connectivity index (χ1v) is 9.10. The Hall–Kier alpha value is -3.79. The maximum Gasteiger partial charge on any atom is 0.359 e. The van der Waals surface area contributed by atoms with E-state index in [2.05, 4.69) is 10.4 Å². The highest BCUT2D eigenvalue weighted by Crippen LogP contribution is 2.26. The highest BCUT2D eigenvalue weighted by atomic mass is 35.5. The molecule has 0 fully saturated rings. The average Bonchev–Trinajstić information content (AvgIpc) is 2.74. The fraction of sp³-hybridized carbons (Fsp3) is 0.158. The molecule has 3 aromatic rings. The zero-order valence-electron chi connectivity index (χ0n) is 15.6. The lowest BCUT2D eigenvalue weighted by Gasteiger charge is -2.10. The Morgan fingerprint density at radius 1 is 1.23 bits per heavy atom. The number of hydrogen-bond acceptors (Lipinski definition) is 7. The molecule has 1 amide bonds. The molecule has 0 saturated carbocycles. The number of halogens is 1. The molecule has 3 rings (SSSR count). The van der Waals surface area contributed by atoms with E-state index in [0.29, 0.717) is 10.8 Å². The molecule has 0 aliphatic rings. The Bertz CT molecular complexity index is 1220. The molecule has 0 aliphatic heterocycles. The van der Waals surface area contributed by atoms with Crippen LogP contribution in [0.15, 0.2) is 47.3 Å². The summed E-state index contributed by atoms with van der Waals surface area (Å²) in [6.07, 6.45) is 0. The highest BCUT2D eigenvalue weighted by molar-refractivity contribution is 6.33. The topological polar surface area (TPSA) is 133 Å². The number of ether oxygens (including phenoxy) is 1. The van der Waals surface area contributed by atoms with Crippen LogP contribution < -0.4 is 10.9 Å². The number of carbonyl (C=O) groups is 2. The van der Waals surface area contributed by atoms with Crippen LogP contribution in [0.2, 0.25) is 5.02 Å². The first kappa shape index (κ1) is 20.9. The molecule has 1 N–H and O–H groups in total. The van der Waals surface area contributed by atoms with E-state index in [1.54, 1.807) is 31.2 Å². The molecule has 0 unspecified atom stereocenters. The van der Waals surface area contributed by atoms with Gasteiger partial charge < -0.3 is 10.1 Å². The van der Waals surface area contributed by atoms with Gasteiger partial charge in [0.1, 0.15) is 0 Å². The predicted octanol–water partition coefficient (Wildman–Crippen LogP) is 2.77. The molecule has 1 aromatic heterocycles. The Morgan fingerprint density at radius 2 is 1.93 bits per heavy atom. The van der Waals surface area contributed by atoms with Gasteiger partial charge in [-0.2, -0.15) is 5.10 Å². The number of amides is 1. The highest BCUT2D eigenvalue weighted by Gasteiger charge is 2.19. The SMILES string of the molecule is CCn1nc(C(=O)OCC(=O)Nc2cc([N+](=O)[O-])ccc2Cl)c2ccccc2c1=O. The summed E-state index contributed by atoms with van der Waals surface area (Å²) in [6, 6.07) is 9.99. The second-order valence-electron chi connectivity index (χ2n) is 6.06. The van der Waals surface area contributed by atoms with Gasteiger partial charge in [0.05, 0.1) is 21.0 Å². The standard InChI is InChI=1S/C19H15ClN4O6/c1-2-23-18(26)13-6-4-3-5-12(13)17(22-23)19(27)30-10-16(25)21-15-9-11(24(28)29)7-8-14(15)20/h3-9H,2,10H2,1H3,(H,21,25). The van der Waals surface area contributed by atoms with Gasteiger partial charge in [-0.05, 0) is 19.1 Å². The summed E-state index contributed by atoms with van der Waals surface area (Å²) in [5.41, 5.74) is -0.699. The average molecular weight is 431 g/mol. The summed E-state index contributed by atoms with van der Waals surface area (Å²) < 4.78 is 6.15. The number of non-ortho nitro benzene ring substituents is 1. The zero-order chi connectivity index (χ0) is 21.8. The number of hydrogen-bond donors (Lipinski definition) is 1. The Balaban J connectivity index is 1.77. The number of esters is 1. The van der Waals surface area contributed by atoms with Crippen LogP contribution in [-0.2, 0) is 16.1 Å². The van der Waals surface area contributed by atoms with Crippen molar-refractivity contribution in [2.75, 3.05) is 11.9 Å². The van der Waals surface area contributed by atoms with E-state index in [0.717, 1.165) is 10.7 Å². The first-order chi connectivity index (χ1) is 14.3. The number of aryl methyl sites for hydroxylation is 1. The van der Waals surface area contributed by atoms with E-state index in [-0.39, 0.29) is 34.2 Å². The minimum Gasteiger partial charge on any atom is -0.451 e. The Labute approximate surface area is 174 Å². The molecule has 0 radical (unpaired) electrons. The number of anilines is 1. The van der Waals surface area contributed by atoms with Gasteiger partial charge in [-0.3, -0.25) is 19.7 Å². The molecule has 1 heterocycles. The van der Waals surface area contributed by atoms with Gasteiger partial charge in [0.2, 0.25) is 0 Å². The summed E-state index contributed by atoms with van der Waals surface area (Å²) in [6.45, 7) is 1.27. The van der Waals surface area contributed by atoms with Gasteiger partial charge in [0, 0.05) is 24.1 Å². The third-order valence-electron chi connectivity index (χ3n) is 4.13. The first-order valence-electron chi connectivity index (χ1n) is 8.72. The number of carbonyl (C=O) groups excluding carboxylic acids is 2.